The predicted molar refractivity (Wildman–Crippen MR) is 80.0 cm³/mol. The fourth-order valence-corrected chi connectivity index (χ4v) is 2.83. The molecule has 0 aliphatic carbocycles. The van der Waals surface area contributed by atoms with Gasteiger partial charge in [-0.1, -0.05) is 30.3 Å². The van der Waals surface area contributed by atoms with Crippen molar-refractivity contribution in [3.8, 4) is 22.8 Å². The summed E-state index contributed by atoms with van der Waals surface area (Å²) in [5.41, 5.74) is 7.84. The van der Waals surface area contributed by atoms with E-state index in [0.717, 1.165) is 22.8 Å². The quantitative estimate of drug-likeness (QED) is 0.673. The molecule has 0 saturated heterocycles. The standard InChI is InChI=1S/C15H13N3OS.ClH/c1-19-13-10-6-5-9-12(13)18-14(17-15(16)20-18)11-7-3-2-4-8-11;/h2-10,16H,1H3;1H. The highest BCUT2D eigenvalue weighted by molar-refractivity contribution is 7.05. The molecule has 0 radical (unpaired) electrons. The first-order chi connectivity index (χ1) is 9.79. The van der Waals surface area contributed by atoms with Crippen molar-refractivity contribution in [1.29, 1.82) is 0 Å². The van der Waals surface area contributed by atoms with Crippen LogP contribution in [0.3, 0.4) is 0 Å². The average Bonchev–Trinajstić information content (AvgIpc) is 2.90. The molecule has 0 amide bonds. The molecule has 0 atom stereocenters. The predicted octanol–water partition coefficient (Wildman–Crippen LogP) is -0.318. The number of benzene rings is 2. The van der Waals surface area contributed by atoms with Gasteiger partial charge in [0.2, 0.25) is 0 Å². The highest BCUT2D eigenvalue weighted by atomic mass is 35.5. The van der Waals surface area contributed by atoms with Crippen LogP contribution < -0.4 is 26.8 Å². The second-order valence-corrected chi connectivity index (χ2v) is 5.16. The van der Waals surface area contributed by atoms with E-state index in [1.807, 2.05) is 58.6 Å². The number of para-hydroxylation sites is 2. The van der Waals surface area contributed by atoms with Gasteiger partial charge in [-0.2, -0.15) is 0 Å². The van der Waals surface area contributed by atoms with E-state index in [-0.39, 0.29) is 12.4 Å². The van der Waals surface area contributed by atoms with Crippen molar-refractivity contribution < 1.29 is 21.1 Å². The van der Waals surface area contributed by atoms with Gasteiger partial charge in [0.1, 0.15) is 11.5 Å². The number of methoxy groups -OCH3 is 1. The lowest BCUT2D eigenvalue weighted by molar-refractivity contribution is -0.510. The third-order valence-electron chi connectivity index (χ3n) is 2.93. The minimum Gasteiger partial charge on any atom is -1.00 e. The van der Waals surface area contributed by atoms with Crippen molar-refractivity contribution in [2.24, 2.45) is 0 Å². The smallest absolute Gasteiger partial charge is 0.350 e. The maximum atomic E-state index is 5.89. The number of hydrogen-bond donors (Lipinski definition) is 1. The fraction of sp³-hybridized carbons (Fsp3) is 0.0667. The molecule has 21 heavy (non-hydrogen) atoms. The zero-order chi connectivity index (χ0) is 13.9. The van der Waals surface area contributed by atoms with Crippen LogP contribution >= 0.6 is 11.5 Å². The molecule has 2 aromatic carbocycles. The lowest BCUT2D eigenvalue weighted by atomic mass is 10.2. The van der Waals surface area contributed by atoms with Crippen LogP contribution in [-0.4, -0.2) is 12.1 Å². The highest BCUT2D eigenvalue weighted by Crippen LogP contribution is 2.24. The van der Waals surface area contributed by atoms with Crippen LogP contribution in [0, 0.1) is 0 Å². The van der Waals surface area contributed by atoms with Crippen LogP contribution in [0.1, 0.15) is 0 Å². The van der Waals surface area contributed by atoms with E-state index in [9.17, 15) is 0 Å². The Kier molecular flexibility index (Phi) is 4.77. The van der Waals surface area contributed by atoms with Gasteiger partial charge in [-0.25, -0.2) is 0 Å². The van der Waals surface area contributed by atoms with Crippen molar-refractivity contribution in [2.45, 2.75) is 0 Å². The van der Waals surface area contributed by atoms with E-state index < -0.39 is 0 Å². The number of anilines is 1. The van der Waals surface area contributed by atoms with E-state index in [4.69, 9.17) is 10.5 Å². The van der Waals surface area contributed by atoms with Crippen LogP contribution in [-0.2, 0) is 0 Å². The molecular formula is C15H14ClN3OS. The van der Waals surface area contributed by atoms with Crippen molar-refractivity contribution >= 4 is 16.7 Å². The SMILES string of the molecule is COc1ccccc1-[n+]1sc(N)nc1-c1ccccc1.[Cl-]. The third-order valence-corrected chi connectivity index (χ3v) is 3.76. The number of nitrogens with two attached hydrogens (primary N) is 1. The molecular weight excluding hydrogens is 306 g/mol. The zero-order valence-electron chi connectivity index (χ0n) is 11.4. The van der Waals surface area contributed by atoms with E-state index >= 15 is 0 Å². The second kappa shape index (κ2) is 6.56. The van der Waals surface area contributed by atoms with Crippen LogP contribution in [0.5, 0.6) is 5.75 Å². The summed E-state index contributed by atoms with van der Waals surface area (Å²) in [6.07, 6.45) is 0. The molecule has 3 rings (SSSR count). The fourth-order valence-electron chi connectivity index (χ4n) is 2.04. The van der Waals surface area contributed by atoms with Gasteiger partial charge in [-0.15, -0.1) is 3.96 Å². The van der Waals surface area contributed by atoms with Gasteiger partial charge < -0.3 is 22.9 Å². The van der Waals surface area contributed by atoms with E-state index in [0.29, 0.717) is 5.13 Å². The Balaban J connectivity index is 0.00000161. The molecule has 0 bridgehead atoms. The first-order valence-electron chi connectivity index (χ1n) is 6.17. The third kappa shape index (κ3) is 2.99. The largest absolute Gasteiger partial charge is 1.00 e. The maximum absolute atomic E-state index is 5.89. The first kappa shape index (κ1) is 15.3. The Morgan fingerprint density at radius 2 is 1.71 bits per heavy atom. The Hall–Kier alpha value is -2.11. The molecule has 0 saturated carbocycles. The van der Waals surface area contributed by atoms with E-state index in [1.165, 1.54) is 11.5 Å². The number of nitrogens with zero attached hydrogens (tertiary/aromatic N) is 2. The molecule has 4 nitrogen and oxygen atoms in total. The van der Waals surface area contributed by atoms with Gasteiger partial charge in [0.25, 0.3) is 0 Å². The number of hydrogen-bond acceptors (Lipinski definition) is 4. The van der Waals surface area contributed by atoms with Crippen LogP contribution in [0.2, 0.25) is 0 Å². The molecule has 0 aliphatic rings. The summed E-state index contributed by atoms with van der Waals surface area (Å²) in [7, 11) is 1.66. The average molecular weight is 320 g/mol. The Labute approximate surface area is 133 Å². The Morgan fingerprint density at radius 1 is 1.05 bits per heavy atom. The minimum absolute atomic E-state index is 0. The molecule has 1 aromatic heterocycles. The lowest BCUT2D eigenvalue weighted by Crippen LogP contribution is -3.00. The Bertz CT molecular complexity index is 731. The van der Waals surface area contributed by atoms with Crippen molar-refractivity contribution in [3.05, 3.63) is 54.6 Å². The topological polar surface area (TPSA) is 52.0 Å². The number of halogens is 1. The normalized spacial score (nSPS) is 9.95. The zero-order valence-corrected chi connectivity index (χ0v) is 12.9. The van der Waals surface area contributed by atoms with Crippen LogP contribution in [0.25, 0.3) is 17.1 Å². The number of nitrogen functional groups attached to an aromatic ring is 1. The second-order valence-electron chi connectivity index (χ2n) is 4.20. The highest BCUT2D eigenvalue weighted by Gasteiger charge is 2.24. The van der Waals surface area contributed by atoms with Gasteiger partial charge in [0.15, 0.2) is 11.4 Å². The van der Waals surface area contributed by atoms with Crippen LogP contribution in [0.15, 0.2) is 54.6 Å². The van der Waals surface area contributed by atoms with Gasteiger partial charge >= 0.3 is 11.0 Å². The van der Waals surface area contributed by atoms with E-state index in [1.54, 1.807) is 7.11 Å². The summed E-state index contributed by atoms with van der Waals surface area (Å²) in [6, 6.07) is 17.8. The first-order valence-corrected chi connectivity index (χ1v) is 6.94. The van der Waals surface area contributed by atoms with Gasteiger partial charge in [0, 0.05) is 0 Å². The molecule has 1 heterocycles. The summed E-state index contributed by atoms with van der Waals surface area (Å²) >= 11 is 1.40. The molecule has 0 spiro atoms. The van der Waals surface area contributed by atoms with E-state index in [2.05, 4.69) is 4.98 Å². The van der Waals surface area contributed by atoms with Gasteiger partial charge in [0.05, 0.1) is 12.7 Å². The summed E-state index contributed by atoms with van der Waals surface area (Å²) in [6.45, 7) is 0. The summed E-state index contributed by atoms with van der Waals surface area (Å²) in [5.74, 6) is 1.61. The Morgan fingerprint density at radius 3 is 2.43 bits per heavy atom. The minimum atomic E-state index is 0. The van der Waals surface area contributed by atoms with Gasteiger partial charge in [-0.05, 0) is 29.2 Å². The molecule has 0 fully saturated rings. The number of aromatic nitrogens is 2. The van der Waals surface area contributed by atoms with Crippen molar-refractivity contribution in [3.63, 3.8) is 0 Å². The van der Waals surface area contributed by atoms with Crippen molar-refractivity contribution in [2.75, 3.05) is 12.8 Å². The van der Waals surface area contributed by atoms with Crippen molar-refractivity contribution in [1.82, 2.24) is 4.98 Å². The molecule has 2 N–H and O–H groups in total. The lowest BCUT2D eigenvalue weighted by Gasteiger charge is -2.04. The summed E-state index contributed by atoms with van der Waals surface area (Å²) < 4.78 is 7.41. The summed E-state index contributed by atoms with van der Waals surface area (Å²) in [5, 5.41) is 0.523. The van der Waals surface area contributed by atoms with Crippen LogP contribution in [0.4, 0.5) is 5.13 Å². The number of rotatable bonds is 3. The molecule has 3 aromatic rings. The molecule has 0 unspecified atom stereocenters. The number of ether oxygens (including phenoxy) is 1. The maximum Gasteiger partial charge on any atom is 0.350 e. The molecule has 6 heteroatoms. The molecule has 108 valence electrons. The molecule has 0 aliphatic heterocycles. The van der Waals surface area contributed by atoms with Gasteiger partial charge in [-0.3, -0.25) is 0 Å². The monoisotopic (exact) mass is 319 g/mol. The summed E-state index contributed by atoms with van der Waals surface area (Å²) in [4.78, 5) is 4.44.